The molecule has 0 aliphatic heterocycles. The Morgan fingerprint density at radius 3 is 2.24 bits per heavy atom. The first-order chi connectivity index (χ1) is 12.0. The average Bonchev–Trinajstić information content (AvgIpc) is 2.59. The summed E-state index contributed by atoms with van der Waals surface area (Å²) in [4.78, 5) is 4.01. The molecule has 1 unspecified atom stereocenters. The van der Waals surface area contributed by atoms with Gasteiger partial charge in [-0.2, -0.15) is 0 Å². The monoisotopic (exact) mass is 363 g/mol. The number of nitrogens with zero attached hydrogens (tertiary/aromatic N) is 1. The number of hydrogen-bond acceptors (Lipinski definition) is 2. The molecule has 0 saturated carbocycles. The van der Waals surface area contributed by atoms with Crippen molar-refractivity contribution in [2.24, 2.45) is 0 Å². The van der Waals surface area contributed by atoms with Gasteiger partial charge < -0.3 is 4.55 Å². The molecule has 0 aliphatic rings. The van der Waals surface area contributed by atoms with Crippen molar-refractivity contribution >= 4 is 11.1 Å². The van der Waals surface area contributed by atoms with E-state index in [1.807, 2.05) is 0 Å². The van der Waals surface area contributed by atoms with Crippen LogP contribution < -0.4 is 0 Å². The first-order valence-electron chi connectivity index (χ1n) is 7.21. The molecule has 7 heteroatoms. The van der Waals surface area contributed by atoms with Gasteiger partial charge in [-0.05, 0) is 41.0 Å². The van der Waals surface area contributed by atoms with E-state index in [9.17, 15) is 17.4 Å². The maximum absolute atomic E-state index is 14.2. The van der Waals surface area contributed by atoms with E-state index in [0.717, 1.165) is 12.1 Å². The van der Waals surface area contributed by atoms with E-state index in [-0.39, 0.29) is 11.3 Å². The second-order valence-corrected chi connectivity index (χ2v) is 6.25. The number of halogens is 3. The van der Waals surface area contributed by atoms with E-state index in [1.54, 1.807) is 12.1 Å². The van der Waals surface area contributed by atoms with Crippen LogP contribution in [0.1, 0.15) is 5.56 Å². The number of pyridine rings is 1. The van der Waals surface area contributed by atoms with Gasteiger partial charge in [0, 0.05) is 23.5 Å². The first-order valence-corrected chi connectivity index (χ1v) is 8.49. The molecule has 0 fully saturated rings. The molecular weight excluding hydrogens is 351 g/mol. The molecule has 0 bridgehead atoms. The molecule has 0 radical (unpaired) electrons. The molecule has 2 aromatic carbocycles. The molecule has 3 nitrogen and oxygen atoms in total. The highest BCUT2D eigenvalue weighted by Crippen LogP contribution is 2.32. The maximum atomic E-state index is 14.2. The number of aromatic nitrogens is 1. The summed E-state index contributed by atoms with van der Waals surface area (Å²) < 4.78 is 60.6. The van der Waals surface area contributed by atoms with Gasteiger partial charge in [0.1, 0.15) is 5.82 Å². The van der Waals surface area contributed by atoms with Crippen molar-refractivity contribution < 1.29 is 21.9 Å². The number of rotatable bonds is 4. The van der Waals surface area contributed by atoms with Crippen LogP contribution in [0, 0.1) is 17.5 Å². The predicted octanol–water partition coefficient (Wildman–Crippen LogP) is 4.55. The Labute approximate surface area is 144 Å². The second kappa shape index (κ2) is 7.16. The van der Waals surface area contributed by atoms with E-state index < -0.39 is 28.5 Å². The Morgan fingerprint density at radius 1 is 0.880 bits per heavy atom. The molecule has 3 rings (SSSR count). The predicted molar refractivity (Wildman–Crippen MR) is 89.5 cm³/mol. The molecule has 1 N–H and O–H groups in total. The number of hydrogen-bond donors (Lipinski definition) is 1. The summed E-state index contributed by atoms with van der Waals surface area (Å²) >= 11 is -2.15. The van der Waals surface area contributed by atoms with Gasteiger partial charge in [0.15, 0.2) is 22.7 Å². The minimum atomic E-state index is -2.15. The van der Waals surface area contributed by atoms with Gasteiger partial charge in [-0.15, -0.1) is 0 Å². The first kappa shape index (κ1) is 17.3. The van der Waals surface area contributed by atoms with Crippen LogP contribution in [0.25, 0.3) is 22.3 Å². The van der Waals surface area contributed by atoms with Crippen molar-refractivity contribution in [2.45, 2.75) is 5.75 Å². The topological polar surface area (TPSA) is 50.2 Å². The zero-order valence-electron chi connectivity index (χ0n) is 12.7. The van der Waals surface area contributed by atoms with Crippen LogP contribution in [0.4, 0.5) is 13.2 Å². The Kier molecular flexibility index (Phi) is 4.96. The summed E-state index contributed by atoms with van der Waals surface area (Å²) in [7, 11) is 0. The molecule has 0 saturated heterocycles. The third-order valence-corrected chi connectivity index (χ3v) is 4.25. The van der Waals surface area contributed by atoms with E-state index >= 15 is 0 Å². The van der Waals surface area contributed by atoms with E-state index in [0.29, 0.717) is 22.3 Å². The molecule has 25 heavy (non-hydrogen) atoms. The lowest BCUT2D eigenvalue weighted by Gasteiger charge is -2.11. The zero-order chi connectivity index (χ0) is 18.0. The Balaban J connectivity index is 2.08. The van der Waals surface area contributed by atoms with Crippen LogP contribution in [-0.4, -0.2) is 13.7 Å². The van der Waals surface area contributed by atoms with Gasteiger partial charge >= 0.3 is 0 Å². The molecular formula is C18H12F3NO2S. The number of benzene rings is 2. The smallest absolute Gasteiger partial charge is 0.159 e. The third kappa shape index (κ3) is 3.78. The lowest BCUT2D eigenvalue weighted by molar-refractivity contribution is 0.509. The minimum absolute atomic E-state index is 0.114. The van der Waals surface area contributed by atoms with Crippen LogP contribution in [0.2, 0.25) is 0 Å². The van der Waals surface area contributed by atoms with Crippen molar-refractivity contribution in [3.63, 3.8) is 0 Å². The molecule has 3 aromatic rings. The van der Waals surface area contributed by atoms with Crippen LogP contribution in [0.3, 0.4) is 0 Å². The highest BCUT2D eigenvalue weighted by molar-refractivity contribution is 7.78. The maximum Gasteiger partial charge on any atom is 0.159 e. The fraction of sp³-hybridized carbons (Fsp3) is 0.0556. The van der Waals surface area contributed by atoms with Crippen molar-refractivity contribution in [2.75, 3.05) is 0 Å². The summed E-state index contributed by atoms with van der Waals surface area (Å²) in [5, 5.41) is 0. The average molecular weight is 363 g/mol. The summed E-state index contributed by atoms with van der Waals surface area (Å²) in [5.41, 5.74) is 2.11. The molecule has 0 amide bonds. The van der Waals surface area contributed by atoms with Gasteiger partial charge in [0.25, 0.3) is 0 Å². The highest BCUT2D eigenvalue weighted by Gasteiger charge is 2.13. The van der Waals surface area contributed by atoms with Gasteiger partial charge in [-0.1, -0.05) is 18.2 Å². The van der Waals surface area contributed by atoms with Gasteiger partial charge in [0.05, 0.1) is 5.75 Å². The van der Waals surface area contributed by atoms with Crippen molar-refractivity contribution in [1.82, 2.24) is 4.98 Å². The highest BCUT2D eigenvalue weighted by atomic mass is 32.2. The van der Waals surface area contributed by atoms with Gasteiger partial charge in [-0.25, -0.2) is 17.4 Å². The van der Waals surface area contributed by atoms with Gasteiger partial charge in [-0.3, -0.25) is 4.98 Å². The molecule has 1 aromatic heterocycles. The lowest BCUT2D eigenvalue weighted by Crippen LogP contribution is -1.97. The Hall–Kier alpha value is -2.51. The van der Waals surface area contributed by atoms with Crippen molar-refractivity contribution in [1.29, 1.82) is 0 Å². The van der Waals surface area contributed by atoms with Crippen molar-refractivity contribution in [3.05, 3.63) is 77.9 Å². The SMILES string of the molecule is O=S(O)Cc1ccc(-c2cnccc2-c2ccc(F)c(F)c2)cc1F. The summed E-state index contributed by atoms with van der Waals surface area (Å²) in [6.07, 6.45) is 3.00. The molecule has 0 spiro atoms. The van der Waals surface area contributed by atoms with Crippen LogP contribution >= 0.6 is 0 Å². The van der Waals surface area contributed by atoms with E-state index in [4.69, 9.17) is 4.55 Å². The molecule has 0 aliphatic carbocycles. The molecule has 1 atom stereocenters. The fourth-order valence-electron chi connectivity index (χ4n) is 2.50. The van der Waals surface area contributed by atoms with Crippen LogP contribution in [0.5, 0.6) is 0 Å². The normalized spacial score (nSPS) is 12.2. The van der Waals surface area contributed by atoms with E-state index in [1.165, 1.54) is 30.6 Å². The standard InChI is InChI=1S/C18H12F3NO2S/c19-16-4-3-11(8-18(16)21)14-5-6-22-9-15(14)12-1-2-13(10-25(23)24)17(20)7-12/h1-9H,10H2,(H,23,24). The van der Waals surface area contributed by atoms with Crippen LogP contribution in [0.15, 0.2) is 54.9 Å². The summed E-state index contributed by atoms with van der Waals surface area (Å²) in [5.74, 6) is -2.87. The van der Waals surface area contributed by atoms with E-state index in [2.05, 4.69) is 4.98 Å². The van der Waals surface area contributed by atoms with Crippen LogP contribution in [-0.2, 0) is 16.8 Å². The molecule has 128 valence electrons. The lowest BCUT2D eigenvalue weighted by atomic mass is 9.96. The molecule has 1 heterocycles. The zero-order valence-corrected chi connectivity index (χ0v) is 13.6. The second-order valence-electron chi connectivity index (χ2n) is 5.32. The largest absolute Gasteiger partial charge is 0.306 e. The minimum Gasteiger partial charge on any atom is -0.306 e. The third-order valence-electron chi connectivity index (χ3n) is 3.69. The summed E-state index contributed by atoms with van der Waals surface area (Å²) in [6.45, 7) is 0. The Morgan fingerprint density at radius 2 is 1.56 bits per heavy atom. The Bertz CT molecular complexity index is 963. The summed E-state index contributed by atoms with van der Waals surface area (Å²) in [6, 6.07) is 9.37. The quantitative estimate of drug-likeness (QED) is 0.692. The van der Waals surface area contributed by atoms with Gasteiger partial charge in [0.2, 0.25) is 0 Å². The fourth-order valence-corrected chi connectivity index (χ4v) is 3.00. The van der Waals surface area contributed by atoms with Crippen molar-refractivity contribution in [3.8, 4) is 22.3 Å².